The number of hydrogen-bond donors (Lipinski definition) is 2. The van der Waals surface area contributed by atoms with E-state index in [1.54, 1.807) is 0 Å². The fourth-order valence-electron chi connectivity index (χ4n) is 2.26. The summed E-state index contributed by atoms with van der Waals surface area (Å²) >= 11 is 0. The van der Waals surface area contributed by atoms with E-state index in [0.717, 1.165) is 45.3 Å². The van der Waals surface area contributed by atoms with Gasteiger partial charge in [0, 0.05) is 13.1 Å². The van der Waals surface area contributed by atoms with Crippen LogP contribution >= 0.6 is 0 Å². The normalized spacial score (nSPS) is 25.6. The quantitative estimate of drug-likeness (QED) is 0.774. The molecule has 1 atom stereocenters. The van der Waals surface area contributed by atoms with Crippen molar-refractivity contribution in [3.05, 3.63) is 0 Å². The van der Waals surface area contributed by atoms with Crippen molar-refractivity contribution >= 4 is 5.91 Å². The number of nitrogens with one attached hydrogen (secondary N) is 2. The Kier molecular flexibility index (Phi) is 4.99. The van der Waals surface area contributed by atoms with E-state index in [-0.39, 0.29) is 16.7 Å². The molecule has 0 radical (unpaired) electrons. The van der Waals surface area contributed by atoms with E-state index in [1.807, 2.05) is 0 Å². The van der Waals surface area contributed by atoms with E-state index in [1.165, 1.54) is 0 Å². The van der Waals surface area contributed by atoms with Crippen LogP contribution in [0.5, 0.6) is 0 Å². The lowest BCUT2D eigenvalue weighted by atomic mass is 9.77. The molecule has 1 heterocycles. The van der Waals surface area contributed by atoms with Gasteiger partial charge in [0.05, 0.1) is 5.41 Å². The number of carbonyl (C=O) groups excluding carboxylic acids is 1. The van der Waals surface area contributed by atoms with Crippen LogP contribution < -0.4 is 10.6 Å². The SMILES string of the molecule is CCC(C)(C)CNC(=O)C1(CC)CCCNC1. The molecule has 1 amide bonds. The molecule has 0 spiro atoms. The van der Waals surface area contributed by atoms with Crippen LogP contribution in [0.2, 0.25) is 0 Å². The Hall–Kier alpha value is -0.570. The molecule has 0 aromatic heterocycles. The van der Waals surface area contributed by atoms with Crippen molar-refractivity contribution in [1.29, 1.82) is 0 Å². The molecule has 0 aliphatic carbocycles. The minimum atomic E-state index is -0.165. The van der Waals surface area contributed by atoms with Gasteiger partial charge in [-0.25, -0.2) is 0 Å². The molecule has 0 bridgehead atoms. The fraction of sp³-hybridized carbons (Fsp3) is 0.929. The first-order chi connectivity index (χ1) is 7.96. The standard InChI is InChI=1S/C14H28N2O/c1-5-13(3,4)10-16-12(17)14(6-2)8-7-9-15-11-14/h15H,5-11H2,1-4H3,(H,16,17). The van der Waals surface area contributed by atoms with E-state index in [9.17, 15) is 4.79 Å². The van der Waals surface area contributed by atoms with Crippen LogP contribution in [0.25, 0.3) is 0 Å². The number of carbonyl (C=O) groups is 1. The monoisotopic (exact) mass is 240 g/mol. The highest BCUT2D eigenvalue weighted by Crippen LogP contribution is 2.30. The Labute approximate surface area is 106 Å². The largest absolute Gasteiger partial charge is 0.355 e. The summed E-state index contributed by atoms with van der Waals surface area (Å²) in [4.78, 5) is 12.4. The Morgan fingerprint density at radius 2 is 2.12 bits per heavy atom. The van der Waals surface area contributed by atoms with E-state index in [4.69, 9.17) is 0 Å². The van der Waals surface area contributed by atoms with E-state index in [0.29, 0.717) is 0 Å². The van der Waals surface area contributed by atoms with Gasteiger partial charge in [0.1, 0.15) is 0 Å². The van der Waals surface area contributed by atoms with Gasteiger partial charge in [-0.15, -0.1) is 0 Å². The van der Waals surface area contributed by atoms with E-state index < -0.39 is 0 Å². The zero-order valence-corrected chi connectivity index (χ0v) is 11.9. The van der Waals surface area contributed by atoms with Gasteiger partial charge < -0.3 is 10.6 Å². The molecule has 1 unspecified atom stereocenters. The molecular weight excluding hydrogens is 212 g/mol. The van der Waals surface area contributed by atoms with Crippen LogP contribution in [0, 0.1) is 10.8 Å². The Balaban J connectivity index is 2.55. The smallest absolute Gasteiger partial charge is 0.227 e. The van der Waals surface area contributed by atoms with Gasteiger partial charge >= 0.3 is 0 Å². The van der Waals surface area contributed by atoms with Crippen LogP contribution in [-0.4, -0.2) is 25.5 Å². The third-order valence-electron chi connectivity index (χ3n) is 4.32. The maximum Gasteiger partial charge on any atom is 0.227 e. The molecule has 3 heteroatoms. The number of piperidine rings is 1. The van der Waals surface area contributed by atoms with Crippen LogP contribution in [0.4, 0.5) is 0 Å². The number of amides is 1. The summed E-state index contributed by atoms with van der Waals surface area (Å²) in [5.41, 5.74) is 0.0365. The highest BCUT2D eigenvalue weighted by molar-refractivity contribution is 5.83. The van der Waals surface area contributed by atoms with E-state index in [2.05, 4.69) is 38.3 Å². The highest BCUT2D eigenvalue weighted by Gasteiger charge is 2.38. The average molecular weight is 240 g/mol. The molecule has 1 rings (SSSR count). The van der Waals surface area contributed by atoms with Gasteiger partial charge in [-0.2, -0.15) is 0 Å². The van der Waals surface area contributed by atoms with Crippen LogP contribution in [0.3, 0.4) is 0 Å². The molecule has 3 nitrogen and oxygen atoms in total. The number of rotatable bonds is 5. The van der Waals surface area contributed by atoms with Gasteiger partial charge in [-0.05, 0) is 37.6 Å². The number of hydrogen-bond acceptors (Lipinski definition) is 2. The van der Waals surface area contributed by atoms with Crippen molar-refractivity contribution in [2.45, 2.75) is 53.4 Å². The van der Waals surface area contributed by atoms with Gasteiger partial charge in [0.2, 0.25) is 5.91 Å². The van der Waals surface area contributed by atoms with Gasteiger partial charge in [0.15, 0.2) is 0 Å². The molecule has 1 aliphatic rings. The first kappa shape index (κ1) is 14.5. The third-order valence-corrected chi connectivity index (χ3v) is 4.32. The van der Waals surface area contributed by atoms with Crippen LogP contribution in [-0.2, 0) is 4.79 Å². The fourth-order valence-corrected chi connectivity index (χ4v) is 2.26. The second-order valence-corrected chi connectivity index (χ2v) is 6.11. The minimum Gasteiger partial charge on any atom is -0.355 e. The lowest BCUT2D eigenvalue weighted by Crippen LogP contribution is -2.51. The zero-order chi connectivity index (χ0) is 12.9. The summed E-state index contributed by atoms with van der Waals surface area (Å²) in [5.74, 6) is 0.244. The summed E-state index contributed by atoms with van der Waals surface area (Å²) in [5, 5.41) is 6.51. The Morgan fingerprint density at radius 3 is 2.59 bits per heavy atom. The maximum atomic E-state index is 12.4. The lowest BCUT2D eigenvalue weighted by Gasteiger charge is -2.36. The van der Waals surface area contributed by atoms with Gasteiger partial charge in [-0.1, -0.05) is 27.7 Å². The molecule has 100 valence electrons. The van der Waals surface area contributed by atoms with Crippen LogP contribution in [0.1, 0.15) is 53.4 Å². The van der Waals surface area contributed by atoms with Crippen molar-refractivity contribution in [2.24, 2.45) is 10.8 Å². The minimum absolute atomic E-state index is 0.165. The molecule has 1 saturated heterocycles. The van der Waals surface area contributed by atoms with Crippen molar-refractivity contribution < 1.29 is 4.79 Å². The molecule has 1 aliphatic heterocycles. The summed E-state index contributed by atoms with van der Waals surface area (Å²) in [6.07, 6.45) is 4.15. The first-order valence-electron chi connectivity index (χ1n) is 6.95. The second kappa shape index (κ2) is 5.85. The third kappa shape index (κ3) is 3.70. The zero-order valence-electron chi connectivity index (χ0n) is 11.9. The Bertz CT molecular complexity index is 255. The van der Waals surface area contributed by atoms with Crippen molar-refractivity contribution in [1.82, 2.24) is 10.6 Å². The molecular formula is C14H28N2O. The average Bonchev–Trinajstić information content (AvgIpc) is 2.37. The lowest BCUT2D eigenvalue weighted by molar-refractivity contribution is -0.132. The van der Waals surface area contributed by atoms with Crippen molar-refractivity contribution in [3.8, 4) is 0 Å². The predicted molar refractivity (Wildman–Crippen MR) is 71.9 cm³/mol. The van der Waals surface area contributed by atoms with Crippen LogP contribution in [0.15, 0.2) is 0 Å². The van der Waals surface area contributed by atoms with Crippen molar-refractivity contribution in [3.63, 3.8) is 0 Å². The summed E-state index contributed by atoms with van der Waals surface area (Å²) in [6.45, 7) is 11.4. The second-order valence-electron chi connectivity index (χ2n) is 6.11. The Morgan fingerprint density at radius 1 is 1.41 bits per heavy atom. The molecule has 0 saturated carbocycles. The highest BCUT2D eigenvalue weighted by atomic mass is 16.2. The molecule has 17 heavy (non-hydrogen) atoms. The van der Waals surface area contributed by atoms with E-state index >= 15 is 0 Å². The van der Waals surface area contributed by atoms with Gasteiger partial charge in [0.25, 0.3) is 0 Å². The molecule has 2 N–H and O–H groups in total. The van der Waals surface area contributed by atoms with Gasteiger partial charge in [-0.3, -0.25) is 4.79 Å². The van der Waals surface area contributed by atoms with Crippen molar-refractivity contribution in [2.75, 3.05) is 19.6 Å². The predicted octanol–water partition coefficient (Wildman–Crippen LogP) is 2.32. The summed E-state index contributed by atoms with van der Waals surface area (Å²) in [7, 11) is 0. The topological polar surface area (TPSA) is 41.1 Å². The maximum absolute atomic E-state index is 12.4. The molecule has 1 fully saturated rings. The molecule has 0 aromatic rings. The first-order valence-corrected chi connectivity index (χ1v) is 6.95. The molecule has 0 aromatic carbocycles. The summed E-state index contributed by atoms with van der Waals surface area (Å²) in [6, 6.07) is 0. The summed E-state index contributed by atoms with van der Waals surface area (Å²) < 4.78 is 0.